The van der Waals surface area contributed by atoms with E-state index in [4.69, 9.17) is 16.3 Å². The summed E-state index contributed by atoms with van der Waals surface area (Å²) in [6.07, 6.45) is -1.08. The summed E-state index contributed by atoms with van der Waals surface area (Å²) < 4.78 is 17.9. The van der Waals surface area contributed by atoms with Gasteiger partial charge in [-0.05, 0) is 25.1 Å². The average Bonchev–Trinajstić information content (AvgIpc) is 2.87. The van der Waals surface area contributed by atoms with E-state index in [1.165, 1.54) is 17.9 Å². The molecule has 1 aliphatic rings. The molecule has 6 nitrogen and oxygen atoms in total. The van der Waals surface area contributed by atoms with Gasteiger partial charge in [-0.2, -0.15) is 0 Å². The van der Waals surface area contributed by atoms with Crippen molar-refractivity contribution in [3.05, 3.63) is 29.0 Å². The van der Waals surface area contributed by atoms with E-state index in [0.29, 0.717) is 12.3 Å². The van der Waals surface area contributed by atoms with Gasteiger partial charge in [-0.3, -0.25) is 14.4 Å². The third-order valence-electron chi connectivity index (χ3n) is 3.03. The van der Waals surface area contributed by atoms with Crippen LogP contribution in [0, 0.1) is 5.82 Å². The summed E-state index contributed by atoms with van der Waals surface area (Å²) >= 11 is 6.94. The first-order valence-corrected chi connectivity index (χ1v) is 8.10. The molecule has 0 aromatic heterocycles. The number of ether oxygens (including phenoxy) is 1. The highest BCUT2D eigenvalue weighted by Crippen LogP contribution is 2.22. The molecule has 0 bridgehead atoms. The number of nitrogens with one attached hydrogen (secondary N) is 1. The summed E-state index contributed by atoms with van der Waals surface area (Å²) in [5.74, 6) is -1.17. The predicted molar refractivity (Wildman–Crippen MR) is 85.0 cm³/mol. The summed E-state index contributed by atoms with van der Waals surface area (Å²) in [6.45, 7) is 1.68. The topological polar surface area (TPSA) is 75.7 Å². The molecule has 1 fully saturated rings. The zero-order chi connectivity index (χ0) is 17.0. The highest BCUT2D eigenvalue weighted by atomic mass is 35.5. The Hall–Kier alpha value is -1.80. The molecule has 0 spiro atoms. The fourth-order valence-electron chi connectivity index (χ4n) is 1.84. The molecule has 1 aliphatic heterocycles. The molecule has 0 radical (unpaired) electrons. The van der Waals surface area contributed by atoms with Crippen LogP contribution in [0.5, 0.6) is 0 Å². The molecule has 2 rings (SSSR count). The summed E-state index contributed by atoms with van der Waals surface area (Å²) in [7, 11) is 0. The Morgan fingerprint density at radius 3 is 2.87 bits per heavy atom. The molecule has 1 atom stereocenters. The second-order valence-electron chi connectivity index (χ2n) is 4.78. The predicted octanol–water partition coefficient (Wildman–Crippen LogP) is 2.52. The molecular weight excluding hydrogens is 347 g/mol. The number of hydrogen-bond acceptors (Lipinski definition) is 5. The number of amides is 2. The molecule has 0 unspecified atom stereocenters. The van der Waals surface area contributed by atoms with Crippen molar-refractivity contribution in [3.63, 3.8) is 0 Å². The van der Waals surface area contributed by atoms with E-state index >= 15 is 0 Å². The monoisotopic (exact) mass is 360 g/mol. The van der Waals surface area contributed by atoms with Crippen molar-refractivity contribution < 1.29 is 23.5 Å². The molecule has 1 saturated heterocycles. The Balaban J connectivity index is 1.86. The SMILES string of the molecule is C[C@@H](OC(=O)CN1CCSC1=O)C(=O)Nc1ccc(F)cc1Cl. The Kier molecular flexibility index (Phi) is 5.84. The fraction of sp³-hybridized carbons (Fsp3) is 0.357. The van der Waals surface area contributed by atoms with E-state index in [1.54, 1.807) is 0 Å². The molecule has 0 aliphatic carbocycles. The second-order valence-corrected chi connectivity index (χ2v) is 6.23. The lowest BCUT2D eigenvalue weighted by molar-refractivity contribution is -0.153. The third kappa shape index (κ3) is 4.84. The number of nitrogens with zero attached hydrogens (tertiary/aromatic N) is 1. The molecule has 9 heteroatoms. The standard InChI is InChI=1S/C14H14ClFN2O4S/c1-8(22-12(19)7-18-4-5-23-14(18)21)13(20)17-11-3-2-9(16)6-10(11)15/h2-3,6,8H,4-5,7H2,1H3,(H,17,20)/t8-/m1/s1. The molecule has 0 saturated carbocycles. The Morgan fingerprint density at radius 1 is 1.52 bits per heavy atom. The van der Waals surface area contributed by atoms with E-state index in [1.807, 2.05) is 0 Å². The summed E-state index contributed by atoms with van der Waals surface area (Å²) in [4.78, 5) is 36.5. The third-order valence-corrected chi connectivity index (χ3v) is 4.24. The molecule has 2 amide bonds. The molecule has 1 aromatic carbocycles. The lowest BCUT2D eigenvalue weighted by Crippen LogP contribution is -2.36. The highest BCUT2D eigenvalue weighted by molar-refractivity contribution is 8.13. The van der Waals surface area contributed by atoms with Gasteiger partial charge in [-0.15, -0.1) is 0 Å². The van der Waals surface area contributed by atoms with Crippen LogP contribution in [0.1, 0.15) is 6.92 Å². The molecule has 1 aromatic rings. The second kappa shape index (κ2) is 7.65. The van der Waals surface area contributed by atoms with E-state index in [0.717, 1.165) is 23.9 Å². The van der Waals surface area contributed by atoms with Crippen LogP contribution in [-0.4, -0.2) is 47.0 Å². The van der Waals surface area contributed by atoms with Crippen molar-refractivity contribution >= 4 is 46.2 Å². The Morgan fingerprint density at radius 2 is 2.26 bits per heavy atom. The number of anilines is 1. The fourth-order valence-corrected chi connectivity index (χ4v) is 2.88. The van der Waals surface area contributed by atoms with Crippen molar-refractivity contribution in [2.75, 3.05) is 24.2 Å². The van der Waals surface area contributed by atoms with Crippen molar-refractivity contribution in [1.82, 2.24) is 4.90 Å². The summed E-state index contributed by atoms with van der Waals surface area (Å²) in [5, 5.41) is 2.30. The first-order chi connectivity index (χ1) is 10.9. The molecule has 1 N–H and O–H groups in total. The lowest BCUT2D eigenvalue weighted by Gasteiger charge is -2.17. The van der Waals surface area contributed by atoms with Gasteiger partial charge < -0.3 is 15.0 Å². The number of carbonyl (C=O) groups is 3. The number of hydrogen-bond donors (Lipinski definition) is 1. The van der Waals surface area contributed by atoms with Gasteiger partial charge in [0.2, 0.25) is 0 Å². The number of carbonyl (C=O) groups excluding carboxylic acids is 3. The first kappa shape index (κ1) is 17.6. The number of halogens is 2. The molecule has 23 heavy (non-hydrogen) atoms. The molecular formula is C14H14ClFN2O4S. The van der Waals surface area contributed by atoms with Gasteiger partial charge in [-0.25, -0.2) is 4.39 Å². The van der Waals surface area contributed by atoms with Crippen LogP contribution in [-0.2, 0) is 14.3 Å². The minimum atomic E-state index is -1.08. The van der Waals surface area contributed by atoms with Crippen LogP contribution >= 0.6 is 23.4 Å². The number of esters is 1. The van der Waals surface area contributed by atoms with E-state index in [9.17, 15) is 18.8 Å². The number of rotatable bonds is 5. The minimum Gasteiger partial charge on any atom is -0.451 e. The average molecular weight is 361 g/mol. The van der Waals surface area contributed by atoms with Crippen molar-refractivity contribution in [2.24, 2.45) is 0 Å². The van der Waals surface area contributed by atoms with E-state index < -0.39 is 23.8 Å². The zero-order valence-electron chi connectivity index (χ0n) is 12.2. The van der Waals surface area contributed by atoms with Gasteiger partial charge in [-0.1, -0.05) is 23.4 Å². The normalized spacial score (nSPS) is 15.4. The summed E-state index contributed by atoms with van der Waals surface area (Å²) in [6, 6.07) is 3.52. The number of thioether (sulfide) groups is 1. The maximum absolute atomic E-state index is 12.9. The maximum atomic E-state index is 12.9. The molecule has 124 valence electrons. The zero-order valence-corrected chi connectivity index (χ0v) is 13.7. The van der Waals surface area contributed by atoms with Gasteiger partial charge in [0, 0.05) is 12.3 Å². The molecule has 1 heterocycles. The van der Waals surface area contributed by atoms with Crippen LogP contribution in [0.3, 0.4) is 0 Å². The first-order valence-electron chi connectivity index (χ1n) is 6.74. The largest absolute Gasteiger partial charge is 0.451 e. The quantitative estimate of drug-likeness (QED) is 0.816. The minimum absolute atomic E-state index is 0.0385. The maximum Gasteiger partial charge on any atom is 0.326 e. The highest BCUT2D eigenvalue weighted by Gasteiger charge is 2.26. The van der Waals surface area contributed by atoms with Gasteiger partial charge in [0.15, 0.2) is 6.10 Å². The van der Waals surface area contributed by atoms with Gasteiger partial charge in [0.1, 0.15) is 12.4 Å². The van der Waals surface area contributed by atoms with Gasteiger partial charge in [0.05, 0.1) is 10.7 Å². The van der Waals surface area contributed by atoms with Gasteiger partial charge in [0.25, 0.3) is 11.1 Å². The van der Waals surface area contributed by atoms with Gasteiger partial charge >= 0.3 is 5.97 Å². The van der Waals surface area contributed by atoms with Crippen molar-refractivity contribution in [3.8, 4) is 0 Å². The van der Waals surface area contributed by atoms with Crippen LogP contribution in [0.4, 0.5) is 14.9 Å². The van der Waals surface area contributed by atoms with E-state index in [2.05, 4.69) is 5.32 Å². The van der Waals surface area contributed by atoms with Crippen LogP contribution in [0.15, 0.2) is 18.2 Å². The smallest absolute Gasteiger partial charge is 0.326 e. The van der Waals surface area contributed by atoms with Crippen LogP contribution in [0.25, 0.3) is 0 Å². The number of benzene rings is 1. The Labute approximate surface area is 141 Å². The van der Waals surface area contributed by atoms with Crippen molar-refractivity contribution in [1.29, 1.82) is 0 Å². The van der Waals surface area contributed by atoms with Crippen LogP contribution < -0.4 is 5.32 Å². The van der Waals surface area contributed by atoms with E-state index in [-0.39, 0.29) is 22.5 Å². The lowest BCUT2D eigenvalue weighted by atomic mass is 10.3. The van der Waals surface area contributed by atoms with Crippen molar-refractivity contribution in [2.45, 2.75) is 13.0 Å². The van der Waals surface area contributed by atoms with Crippen LogP contribution in [0.2, 0.25) is 5.02 Å². The summed E-state index contributed by atoms with van der Waals surface area (Å²) in [5.41, 5.74) is 0.215. The Bertz CT molecular complexity index is 643.